The highest BCUT2D eigenvalue weighted by Crippen LogP contribution is 2.43. The monoisotopic (exact) mass is 728 g/mol. The SMILES string of the molecule is CC(C)(C)c1ccc(O)c(-c2nc3c(-c4cccc(-c5cc(C(C)(C)C)cc6c(-c7ccccc7)ccnc56)c4)cc(-c4cccc5ccccc45)cc3o2)c1. The summed E-state index contributed by atoms with van der Waals surface area (Å²) in [5.74, 6) is 0.521. The van der Waals surface area contributed by atoms with Crippen LogP contribution in [0.5, 0.6) is 5.75 Å². The summed E-state index contributed by atoms with van der Waals surface area (Å²) >= 11 is 0. The molecule has 56 heavy (non-hydrogen) atoms. The number of phenolic OH excluding ortho intramolecular Hbond substituents is 1. The first kappa shape index (κ1) is 35.2. The van der Waals surface area contributed by atoms with E-state index < -0.39 is 0 Å². The molecular formula is C52H44N2O2. The number of oxazole rings is 1. The van der Waals surface area contributed by atoms with Gasteiger partial charge in [-0.1, -0.05) is 139 Å². The van der Waals surface area contributed by atoms with Gasteiger partial charge in [-0.05, 0) is 115 Å². The maximum Gasteiger partial charge on any atom is 0.231 e. The second-order valence-electron chi connectivity index (χ2n) is 16.9. The number of aromatic hydroxyl groups is 1. The minimum atomic E-state index is -0.118. The molecule has 0 atom stereocenters. The van der Waals surface area contributed by atoms with Crippen LogP contribution in [0.2, 0.25) is 0 Å². The average Bonchev–Trinajstić information content (AvgIpc) is 3.63. The predicted molar refractivity (Wildman–Crippen MR) is 233 cm³/mol. The van der Waals surface area contributed by atoms with Crippen molar-refractivity contribution in [1.29, 1.82) is 0 Å². The molecule has 9 rings (SSSR count). The first-order chi connectivity index (χ1) is 26.9. The third-order valence-electron chi connectivity index (χ3n) is 11.0. The number of phenols is 1. The van der Waals surface area contributed by atoms with E-state index in [4.69, 9.17) is 14.4 Å². The molecule has 7 aromatic carbocycles. The second kappa shape index (κ2) is 13.3. The fourth-order valence-electron chi connectivity index (χ4n) is 7.80. The first-order valence-corrected chi connectivity index (χ1v) is 19.3. The molecule has 0 saturated heterocycles. The molecule has 2 aromatic heterocycles. The van der Waals surface area contributed by atoms with Crippen LogP contribution < -0.4 is 0 Å². The van der Waals surface area contributed by atoms with Gasteiger partial charge >= 0.3 is 0 Å². The first-order valence-electron chi connectivity index (χ1n) is 19.3. The largest absolute Gasteiger partial charge is 0.507 e. The number of benzene rings is 7. The number of nitrogens with zero attached hydrogens (tertiary/aromatic N) is 2. The van der Waals surface area contributed by atoms with Crippen LogP contribution in [0.25, 0.3) is 88.7 Å². The van der Waals surface area contributed by atoms with Crippen LogP contribution in [0, 0.1) is 0 Å². The maximum atomic E-state index is 11.1. The van der Waals surface area contributed by atoms with E-state index in [9.17, 15) is 5.11 Å². The lowest BCUT2D eigenvalue weighted by Crippen LogP contribution is -2.11. The minimum absolute atomic E-state index is 0.0870. The number of rotatable bonds is 5. The van der Waals surface area contributed by atoms with Gasteiger partial charge in [0.25, 0.3) is 0 Å². The van der Waals surface area contributed by atoms with E-state index in [2.05, 4.69) is 169 Å². The van der Waals surface area contributed by atoms with Crippen molar-refractivity contribution in [3.63, 3.8) is 0 Å². The minimum Gasteiger partial charge on any atom is -0.507 e. The van der Waals surface area contributed by atoms with E-state index >= 15 is 0 Å². The molecule has 4 heteroatoms. The molecule has 0 aliphatic heterocycles. The van der Waals surface area contributed by atoms with Gasteiger partial charge in [-0.25, -0.2) is 4.98 Å². The third-order valence-corrected chi connectivity index (χ3v) is 11.0. The molecule has 0 amide bonds. The van der Waals surface area contributed by atoms with Gasteiger partial charge in [-0.2, -0.15) is 0 Å². The molecule has 1 N–H and O–H groups in total. The Kier molecular flexibility index (Phi) is 8.39. The molecule has 4 nitrogen and oxygen atoms in total. The normalized spacial score (nSPS) is 12.2. The van der Waals surface area contributed by atoms with Gasteiger partial charge in [-0.3, -0.25) is 4.98 Å². The summed E-state index contributed by atoms with van der Waals surface area (Å²) in [6, 6.07) is 50.9. The molecule has 0 unspecified atom stereocenters. The van der Waals surface area contributed by atoms with Crippen LogP contribution in [-0.2, 0) is 10.8 Å². The zero-order valence-corrected chi connectivity index (χ0v) is 32.7. The van der Waals surface area contributed by atoms with Crippen LogP contribution in [0.3, 0.4) is 0 Å². The number of fused-ring (bicyclic) bond motifs is 3. The van der Waals surface area contributed by atoms with Gasteiger partial charge in [0.15, 0.2) is 5.58 Å². The summed E-state index contributed by atoms with van der Waals surface area (Å²) in [5.41, 5.74) is 13.6. The lowest BCUT2D eigenvalue weighted by atomic mass is 9.83. The average molecular weight is 729 g/mol. The van der Waals surface area contributed by atoms with Crippen molar-refractivity contribution in [3.05, 3.63) is 163 Å². The summed E-state index contributed by atoms with van der Waals surface area (Å²) in [5, 5.41) is 14.6. The summed E-state index contributed by atoms with van der Waals surface area (Å²) in [6.45, 7) is 13.3. The van der Waals surface area contributed by atoms with E-state index in [0.29, 0.717) is 17.0 Å². The molecule has 0 bridgehead atoms. The zero-order valence-electron chi connectivity index (χ0n) is 32.7. The standard InChI is InChI=1S/C52H44N2O2/c1-51(2,3)37-22-23-46(55)45(29-37)50-54-49-42(27-36(28-47(49)56-50)40-21-13-17-33-16-10-11-20-39(33)40)34-18-12-19-35(26-34)43-30-38(52(4,5)6)31-44-41(24-25-53-48(43)44)32-14-8-7-9-15-32/h7-31,55H,1-6H3. The van der Waals surface area contributed by atoms with Crippen molar-refractivity contribution >= 4 is 32.8 Å². The number of aromatic nitrogens is 2. The molecule has 0 radical (unpaired) electrons. The van der Waals surface area contributed by atoms with Crippen molar-refractivity contribution in [3.8, 4) is 61.7 Å². The smallest absolute Gasteiger partial charge is 0.231 e. The summed E-state index contributed by atoms with van der Waals surface area (Å²) in [4.78, 5) is 10.2. The van der Waals surface area contributed by atoms with Gasteiger partial charge in [0.2, 0.25) is 5.89 Å². The van der Waals surface area contributed by atoms with Crippen molar-refractivity contribution in [1.82, 2.24) is 9.97 Å². The molecular weight excluding hydrogens is 685 g/mol. The van der Waals surface area contributed by atoms with Gasteiger partial charge in [0.05, 0.1) is 11.1 Å². The molecule has 9 aromatic rings. The Labute approximate surface area is 328 Å². The van der Waals surface area contributed by atoms with E-state index in [1.165, 1.54) is 16.5 Å². The van der Waals surface area contributed by atoms with Gasteiger partial charge in [-0.15, -0.1) is 0 Å². The Bertz CT molecular complexity index is 2940. The van der Waals surface area contributed by atoms with Crippen LogP contribution in [-0.4, -0.2) is 15.1 Å². The highest BCUT2D eigenvalue weighted by Gasteiger charge is 2.23. The molecule has 0 spiro atoms. The summed E-state index contributed by atoms with van der Waals surface area (Å²) in [6.07, 6.45) is 1.92. The molecule has 0 saturated carbocycles. The maximum absolute atomic E-state index is 11.1. The Morgan fingerprint density at radius 1 is 0.464 bits per heavy atom. The second-order valence-corrected chi connectivity index (χ2v) is 16.9. The zero-order chi connectivity index (χ0) is 38.8. The Morgan fingerprint density at radius 3 is 1.88 bits per heavy atom. The van der Waals surface area contributed by atoms with Gasteiger partial charge < -0.3 is 9.52 Å². The Balaban J connectivity index is 1.29. The highest BCUT2D eigenvalue weighted by molar-refractivity contribution is 6.05. The van der Waals surface area contributed by atoms with Crippen LogP contribution in [0.15, 0.2) is 156 Å². The van der Waals surface area contributed by atoms with Crippen LogP contribution in [0.4, 0.5) is 0 Å². The summed E-state index contributed by atoms with van der Waals surface area (Å²) < 4.78 is 6.64. The van der Waals surface area contributed by atoms with E-state index in [0.717, 1.165) is 66.3 Å². The van der Waals surface area contributed by atoms with Crippen molar-refractivity contribution in [2.75, 3.05) is 0 Å². The van der Waals surface area contributed by atoms with Gasteiger partial charge in [0, 0.05) is 22.7 Å². The fourth-order valence-corrected chi connectivity index (χ4v) is 7.80. The fraction of sp³-hybridized carbons (Fsp3) is 0.154. The topological polar surface area (TPSA) is 59.2 Å². The Hall–Kier alpha value is -6.52. The van der Waals surface area contributed by atoms with Crippen molar-refractivity contribution in [2.45, 2.75) is 52.4 Å². The number of pyridine rings is 1. The van der Waals surface area contributed by atoms with Gasteiger partial charge in [0.1, 0.15) is 11.3 Å². The number of hydrogen-bond donors (Lipinski definition) is 1. The van der Waals surface area contributed by atoms with Crippen LogP contribution >= 0.6 is 0 Å². The third kappa shape index (κ3) is 6.31. The Morgan fingerprint density at radius 2 is 1.11 bits per heavy atom. The summed E-state index contributed by atoms with van der Waals surface area (Å²) in [7, 11) is 0. The van der Waals surface area contributed by atoms with Crippen molar-refractivity contribution in [2.24, 2.45) is 0 Å². The lowest BCUT2D eigenvalue weighted by Gasteiger charge is -2.22. The van der Waals surface area contributed by atoms with E-state index in [1.54, 1.807) is 6.07 Å². The van der Waals surface area contributed by atoms with E-state index in [-0.39, 0.29) is 16.6 Å². The quantitative estimate of drug-likeness (QED) is 0.192. The predicted octanol–water partition coefficient (Wildman–Crippen LogP) is 14.2. The van der Waals surface area contributed by atoms with Crippen LogP contribution in [0.1, 0.15) is 52.7 Å². The molecule has 0 fully saturated rings. The molecule has 0 aliphatic carbocycles. The molecule has 0 aliphatic rings. The van der Waals surface area contributed by atoms with E-state index in [1.807, 2.05) is 18.3 Å². The molecule has 274 valence electrons. The number of hydrogen-bond acceptors (Lipinski definition) is 4. The van der Waals surface area contributed by atoms with Crippen molar-refractivity contribution < 1.29 is 9.52 Å². The highest BCUT2D eigenvalue weighted by atomic mass is 16.3. The lowest BCUT2D eigenvalue weighted by molar-refractivity contribution is 0.473. The molecule has 2 heterocycles.